The van der Waals surface area contributed by atoms with Crippen LogP contribution in [0.2, 0.25) is 0 Å². The highest BCUT2D eigenvalue weighted by Crippen LogP contribution is 2.35. The lowest BCUT2D eigenvalue weighted by molar-refractivity contribution is 0.0700. The second-order valence-electron chi connectivity index (χ2n) is 3.67. The van der Waals surface area contributed by atoms with Gasteiger partial charge in [0.05, 0.1) is 3.79 Å². The van der Waals surface area contributed by atoms with E-state index in [0.717, 1.165) is 9.35 Å². The van der Waals surface area contributed by atoms with Crippen LogP contribution in [0.1, 0.15) is 41.9 Å². The Morgan fingerprint density at radius 1 is 1.50 bits per heavy atom. The fourth-order valence-corrected chi connectivity index (χ4v) is 2.80. The van der Waals surface area contributed by atoms with Crippen molar-refractivity contribution in [3.05, 3.63) is 20.3 Å². The number of halogens is 1. The van der Waals surface area contributed by atoms with Crippen molar-refractivity contribution < 1.29 is 9.90 Å². The van der Waals surface area contributed by atoms with Gasteiger partial charge in [-0.25, -0.2) is 4.79 Å². The molecule has 1 atom stereocenters. The number of carboxylic acid groups (broad SMARTS) is 1. The summed E-state index contributed by atoms with van der Waals surface area (Å²) in [6.45, 7) is 6.26. The van der Waals surface area contributed by atoms with Gasteiger partial charge < -0.3 is 5.11 Å². The molecule has 0 saturated heterocycles. The van der Waals surface area contributed by atoms with E-state index < -0.39 is 5.97 Å². The van der Waals surface area contributed by atoms with Gasteiger partial charge in [0, 0.05) is 0 Å². The summed E-state index contributed by atoms with van der Waals surface area (Å²) in [5.41, 5.74) is 0.935. The number of hydrogen-bond donors (Lipinski definition) is 1. The quantitative estimate of drug-likeness (QED) is 0.907. The predicted molar refractivity (Wildman–Crippen MR) is 62.2 cm³/mol. The van der Waals surface area contributed by atoms with Gasteiger partial charge in [0.1, 0.15) is 4.88 Å². The highest BCUT2D eigenvalue weighted by molar-refractivity contribution is 9.11. The predicted octanol–water partition coefficient (Wildman–Crippen LogP) is 3.97. The van der Waals surface area contributed by atoms with Gasteiger partial charge in [0.15, 0.2) is 0 Å². The zero-order chi connectivity index (χ0) is 10.9. The standard InChI is InChI=1S/C10H13BrO2S/c1-5(2)6(3)7-4-8(11)14-9(7)10(12)13/h4-6H,1-3H3,(H,12,13). The summed E-state index contributed by atoms with van der Waals surface area (Å²) in [4.78, 5) is 11.4. The van der Waals surface area contributed by atoms with Gasteiger partial charge in [-0.3, -0.25) is 0 Å². The highest BCUT2D eigenvalue weighted by atomic mass is 79.9. The maximum absolute atomic E-state index is 11.0. The summed E-state index contributed by atoms with van der Waals surface area (Å²) < 4.78 is 0.886. The Kier molecular flexibility index (Phi) is 3.72. The zero-order valence-corrected chi connectivity index (χ0v) is 10.8. The van der Waals surface area contributed by atoms with E-state index in [-0.39, 0.29) is 5.92 Å². The first-order chi connectivity index (χ1) is 6.43. The van der Waals surface area contributed by atoms with Crippen molar-refractivity contribution in [2.24, 2.45) is 5.92 Å². The average molecular weight is 277 g/mol. The summed E-state index contributed by atoms with van der Waals surface area (Å²) in [7, 11) is 0. The van der Waals surface area contributed by atoms with Crippen LogP contribution in [-0.2, 0) is 0 Å². The number of aromatic carboxylic acids is 1. The normalized spacial score (nSPS) is 13.2. The second kappa shape index (κ2) is 4.45. The van der Waals surface area contributed by atoms with Crippen molar-refractivity contribution in [3.63, 3.8) is 0 Å². The maximum Gasteiger partial charge on any atom is 0.346 e. The Hall–Kier alpha value is -0.350. The minimum absolute atomic E-state index is 0.281. The number of thiophene rings is 1. The number of hydrogen-bond acceptors (Lipinski definition) is 2. The first-order valence-corrected chi connectivity index (χ1v) is 6.07. The van der Waals surface area contributed by atoms with Gasteiger partial charge in [0.2, 0.25) is 0 Å². The van der Waals surface area contributed by atoms with E-state index in [2.05, 4.69) is 36.7 Å². The lowest BCUT2D eigenvalue weighted by Crippen LogP contribution is -2.06. The molecule has 0 saturated carbocycles. The Morgan fingerprint density at radius 3 is 2.50 bits per heavy atom. The zero-order valence-electron chi connectivity index (χ0n) is 8.37. The molecule has 14 heavy (non-hydrogen) atoms. The molecule has 0 fully saturated rings. The molecular formula is C10H13BrO2S. The first-order valence-electron chi connectivity index (χ1n) is 4.46. The van der Waals surface area contributed by atoms with E-state index in [1.165, 1.54) is 11.3 Å². The molecule has 1 N–H and O–H groups in total. The molecule has 0 spiro atoms. The van der Waals surface area contributed by atoms with Crippen LogP contribution in [0.3, 0.4) is 0 Å². The minimum atomic E-state index is -0.830. The van der Waals surface area contributed by atoms with Gasteiger partial charge in [-0.2, -0.15) is 0 Å². The van der Waals surface area contributed by atoms with Crippen LogP contribution in [0.15, 0.2) is 9.85 Å². The van der Waals surface area contributed by atoms with E-state index >= 15 is 0 Å². The minimum Gasteiger partial charge on any atom is -0.477 e. The van der Waals surface area contributed by atoms with E-state index in [4.69, 9.17) is 5.11 Å². The molecule has 1 rings (SSSR count). The third-order valence-electron chi connectivity index (χ3n) is 2.42. The Morgan fingerprint density at radius 2 is 2.07 bits per heavy atom. The van der Waals surface area contributed by atoms with E-state index in [1.807, 2.05) is 6.07 Å². The highest BCUT2D eigenvalue weighted by Gasteiger charge is 2.20. The molecule has 0 amide bonds. The lowest BCUT2D eigenvalue weighted by atomic mass is 9.91. The molecule has 2 nitrogen and oxygen atoms in total. The van der Waals surface area contributed by atoms with Crippen LogP contribution in [0.5, 0.6) is 0 Å². The summed E-state index contributed by atoms with van der Waals surface area (Å²) in [6.07, 6.45) is 0. The molecule has 0 bridgehead atoms. The molecule has 0 aliphatic rings. The van der Waals surface area contributed by atoms with Crippen LogP contribution in [0, 0.1) is 5.92 Å². The molecular weight excluding hydrogens is 264 g/mol. The molecule has 0 aliphatic heterocycles. The van der Waals surface area contributed by atoms with Crippen LogP contribution >= 0.6 is 27.3 Å². The number of carbonyl (C=O) groups is 1. The number of rotatable bonds is 3. The molecule has 1 aromatic heterocycles. The smallest absolute Gasteiger partial charge is 0.346 e. The van der Waals surface area contributed by atoms with Gasteiger partial charge in [-0.05, 0) is 39.4 Å². The molecule has 0 aromatic carbocycles. The molecule has 78 valence electrons. The summed E-state index contributed by atoms with van der Waals surface area (Å²) >= 11 is 4.61. The van der Waals surface area contributed by atoms with Crippen LogP contribution in [0.4, 0.5) is 0 Å². The van der Waals surface area contributed by atoms with Gasteiger partial charge in [0.25, 0.3) is 0 Å². The molecule has 1 unspecified atom stereocenters. The summed E-state index contributed by atoms with van der Waals surface area (Å²) in [6, 6.07) is 1.92. The topological polar surface area (TPSA) is 37.3 Å². The third kappa shape index (κ3) is 2.36. The van der Waals surface area contributed by atoms with Crippen LogP contribution < -0.4 is 0 Å². The Balaban J connectivity index is 3.12. The molecule has 0 radical (unpaired) electrons. The fourth-order valence-electron chi connectivity index (χ4n) is 1.24. The monoisotopic (exact) mass is 276 g/mol. The van der Waals surface area contributed by atoms with Crippen LogP contribution in [0.25, 0.3) is 0 Å². The van der Waals surface area contributed by atoms with E-state index in [1.54, 1.807) is 0 Å². The first kappa shape index (κ1) is 11.7. The Bertz CT molecular complexity index is 344. The van der Waals surface area contributed by atoms with E-state index in [0.29, 0.717) is 10.8 Å². The van der Waals surface area contributed by atoms with Gasteiger partial charge in [-0.15, -0.1) is 11.3 Å². The van der Waals surface area contributed by atoms with Crippen LogP contribution in [-0.4, -0.2) is 11.1 Å². The largest absolute Gasteiger partial charge is 0.477 e. The maximum atomic E-state index is 11.0. The summed E-state index contributed by atoms with van der Waals surface area (Å²) in [5, 5.41) is 9.00. The number of carboxylic acids is 1. The Labute approximate surface area is 96.1 Å². The molecule has 4 heteroatoms. The average Bonchev–Trinajstić information content (AvgIpc) is 2.45. The second-order valence-corrected chi connectivity index (χ2v) is 6.10. The van der Waals surface area contributed by atoms with E-state index in [9.17, 15) is 4.79 Å². The fraction of sp³-hybridized carbons (Fsp3) is 0.500. The molecule has 1 heterocycles. The SMILES string of the molecule is CC(C)C(C)c1cc(Br)sc1C(=O)O. The molecule has 1 aromatic rings. The molecule has 0 aliphatic carbocycles. The van der Waals surface area contributed by atoms with Crippen molar-refractivity contribution in [1.29, 1.82) is 0 Å². The van der Waals surface area contributed by atoms with Gasteiger partial charge in [-0.1, -0.05) is 20.8 Å². The van der Waals surface area contributed by atoms with Crippen molar-refractivity contribution in [2.45, 2.75) is 26.7 Å². The van der Waals surface area contributed by atoms with Crippen molar-refractivity contribution >= 4 is 33.2 Å². The van der Waals surface area contributed by atoms with Crippen molar-refractivity contribution in [2.75, 3.05) is 0 Å². The third-order valence-corrected chi connectivity index (χ3v) is 4.06. The van der Waals surface area contributed by atoms with Crippen molar-refractivity contribution in [1.82, 2.24) is 0 Å². The van der Waals surface area contributed by atoms with Crippen molar-refractivity contribution in [3.8, 4) is 0 Å². The van der Waals surface area contributed by atoms with Gasteiger partial charge >= 0.3 is 5.97 Å². The summed E-state index contributed by atoms with van der Waals surface area (Å²) in [5.74, 6) is -0.0959. The lowest BCUT2D eigenvalue weighted by Gasteiger charge is -2.14.